The fourth-order valence-corrected chi connectivity index (χ4v) is 2.17. The largest absolute Gasteiger partial charge is 0.396 e. The summed E-state index contributed by atoms with van der Waals surface area (Å²) >= 11 is 0. The first-order valence-electron chi connectivity index (χ1n) is 6.36. The van der Waals surface area contributed by atoms with Gasteiger partial charge in [-0.2, -0.15) is 4.98 Å². The molecule has 5 nitrogen and oxygen atoms in total. The van der Waals surface area contributed by atoms with E-state index in [1.165, 1.54) is 5.56 Å². The van der Waals surface area contributed by atoms with Crippen molar-refractivity contribution in [3.05, 3.63) is 47.6 Å². The first-order chi connectivity index (χ1) is 9.20. The van der Waals surface area contributed by atoms with Crippen molar-refractivity contribution >= 4 is 0 Å². The van der Waals surface area contributed by atoms with Gasteiger partial charge in [-0.15, -0.1) is 0 Å². The topological polar surface area (TPSA) is 62.4 Å². The van der Waals surface area contributed by atoms with Gasteiger partial charge in [-0.3, -0.25) is 4.90 Å². The molecule has 1 unspecified atom stereocenters. The van der Waals surface area contributed by atoms with Crippen LogP contribution in [0.2, 0.25) is 0 Å². The monoisotopic (exact) mass is 261 g/mol. The molecular formula is C14H19N3O2. The van der Waals surface area contributed by atoms with E-state index >= 15 is 0 Å². The van der Waals surface area contributed by atoms with E-state index in [0.717, 1.165) is 0 Å². The molecule has 19 heavy (non-hydrogen) atoms. The van der Waals surface area contributed by atoms with Gasteiger partial charge >= 0.3 is 0 Å². The highest BCUT2D eigenvalue weighted by Crippen LogP contribution is 2.23. The van der Waals surface area contributed by atoms with Crippen LogP contribution in [-0.4, -0.2) is 33.8 Å². The molecule has 102 valence electrons. The molecule has 1 atom stereocenters. The van der Waals surface area contributed by atoms with Crippen molar-refractivity contribution in [2.24, 2.45) is 0 Å². The van der Waals surface area contributed by atoms with E-state index in [1.54, 1.807) is 6.92 Å². The van der Waals surface area contributed by atoms with Gasteiger partial charge in [0, 0.05) is 12.6 Å². The Morgan fingerprint density at radius 1 is 1.32 bits per heavy atom. The van der Waals surface area contributed by atoms with E-state index < -0.39 is 0 Å². The summed E-state index contributed by atoms with van der Waals surface area (Å²) in [4.78, 5) is 6.31. The summed E-state index contributed by atoms with van der Waals surface area (Å²) in [5, 5.41) is 13.0. The molecule has 0 fully saturated rings. The minimum atomic E-state index is 0.137. The minimum Gasteiger partial charge on any atom is -0.396 e. The Labute approximate surface area is 112 Å². The summed E-state index contributed by atoms with van der Waals surface area (Å²) in [6.45, 7) is 2.52. The molecule has 2 rings (SSSR count). The number of nitrogens with zero attached hydrogens (tertiary/aromatic N) is 3. The van der Waals surface area contributed by atoms with Crippen molar-refractivity contribution in [3.8, 4) is 0 Å². The van der Waals surface area contributed by atoms with Crippen LogP contribution in [-0.2, 0) is 6.54 Å². The van der Waals surface area contributed by atoms with E-state index in [0.29, 0.717) is 24.7 Å². The van der Waals surface area contributed by atoms with Gasteiger partial charge in [-0.25, -0.2) is 0 Å². The molecule has 0 saturated carbocycles. The predicted octanol–water partition coefficient (Wildman–Crippen LogP) is 1.93. The first-order valence-corrected chi connectivity index (χ1v) is 6.36. The van der Waals surface area contributed by atoms with E-state index in [-0.39, 0.29) is 12.6 Å². The maximum atomic E-state index is 9.24. The molecule has 5 heteroatoms. The van der Waals surface area contributed by atoms with E-state index in [2.05, 4.69) is 27.2 Å². The molecular weight excluding hydrogens is 242 g/mol. The third-order valence-electron chi connectivity index (χ3n) is 3.07. The highest BCUT2D eigenvalue weighted by Gasteiger charge is 2.18. The van der Waals surface area contributed by atoms with Crippen molar-refractivity contribution in [1.82, 2.24) is 15.0 Å². The molecule has 0 amide bonds. The smallest absolute Gasteiger partial charge is 0.240 e. The summed E-state index contributed by atoms with van der Waals surface area (Å²) in [6, 6.07) is 10.3. The van der Waals surface area contributed by atoms with Crippen LogP contribution in [0.4, 0.5) is 0 Å². The van der Waals surface area contributed by atoms with Crippen LogP contribution in [0.1, 0.15) is 29.7 Å². The minimum absolute atomic E-state index is 0.137. The summed E-state index contributed by atoms with van der Waals surface area (Å²) < 4.78 is 5.13. The Morgan fingerprint density at radius 2 is 2.05 bits per heavy atom. The zero-order valence-electron chi connectivity index (χ0n) is 11.3. The lowest BCUT2D eigenvalue weighted by Crippen LogP contribution is -2.25. The molecule has 0 aliphatic heterocycles. The summed E-state index contributed by atoms with van der Waals surface area (Å²) in [6.07, 6.45) is 0.674. The predicted molar refractivity (Wildman–Crippen MR) is 71.4 cm³/mol. The highest BCUT2D eigenvalue weighted by atomic mass is 16.5. The van der Waals surface area contributed by atoms with Crippen molar-refractivity contribution in [3.63, 3.8) is 0 Å². The molecule has 0 aliphatic rings. The summed E-state index contributed by atoms with van der Waals surface area (Å²) in [5.74, 6) is 1.24. The second-order valence-corrected chi connectivity index (χ2v) is 4.59. The Kier molecular flexibility index (Phi) is 4.65. The van der Waals surface area contributed by atoms with Crippen LogP contribution in [0.15, 0.2) is 34.9 Å². The number of benzene rings is 1. The van der Waals surface area contributed by atoms with Gasteiger partial charge < -0.3 is 9.63 Å². The lowest BCUT2D eigenvalue weighted by atomic mass is 10.0. The summed E-state index contributed by atoms with van der Waals surface area (Å²) in [5.41, 5.74) is 1.18. The van der Waals surface area contributed by atoms with Gasteiger partial charge in [0.1, 0.15) is 0 Å². The van der Waals surface area contributed by atoms with Gasteiger partial charge in [0.05, 0.1) is 6.54 Å². The Bertz CT molecular complexity index is 498. The highest BCUT2D eigenvalue weighted by molar-refractivity contribution is 5.19. The standard InChI is InChI=1S/C14H19N3O2/c1-11-15-14(19-16-11)10-17(2)13(8-9-18)12-6-4-3-5-7-12/h3-7,13,18H,8-10H2,1-2H3. The molecule has 0 bridgehead atoms. The average molecular weight is 261 g/mol. The van der Waals surface area contributed by atoms with Gasteiger partial charge in [0.15, 0.2) is 5.82 Å². The lowest BCUT2D eigenvalue weighted by molar-refractivity contribution is 0.164. The molecule has 1 heterocycles. The third kappa shape index (κ3) is 3.62. The van der Waals surface area contributed by atoms with Gasteiger partial charge in [0.2, 0.25) is 5.89 Å². The maximum absolute atomic E-state index is 9.24. The second-order valence-electron chi connectivity index (χ2n) is 4.59. The normalized spacial score (nSPS) is 12.8. The number of hydrogen-bond acceptors (Lipinski definition) is 5. The Morgan fingerprint density at radius 3 is 2.63 bits per heavy atom. The zero-order chi connectivity index (χ0) is 13.7. The van der Waals surface area contributed by atoms with Crippen LogP contribution >= 0.6 is 0 Å². The third-order valence-corrected chi connectivity index (χ3v) is 3.07. The summed E-state index contributed by atoms with van der Waals surface area (Å²) in [7, 11) is 1.99. The van der Waals surface area contributed by atoms with E-state index in [9.17, 15) is 5.11 Å². The second kappa shape index (κ2) is 6.45. The number of aryl methyl sites for hydroxylation is 1. The van der Waals surface area contributed by atoms with Gasteiger partial charge in [0.25, 0.3) is 0 Å². The number of rotatable bonds is 6. The van der Waals surface area contributed by atoms with E-state index in [4.69, 9.17) is 4.52 Å². The fraction of sp³-hybridized carbons (Fsp3) is 0.429. The number of aliphatic hydroxyl groups is 1. The number of hydrogen-bond donors (Lipinski definition) is 1. The molecule has 0 radical (unpaired) electrons. The number of aromatic nitrogens is 2. The number of aliphatic hydroxyl groups excluding tert-OH is 1. The van der Waals surface area contributed by atoms with Crippen LogP contribution in [0.25, 0.3) is 0 Å². The van der Waals surface area contributed by atoms with Crippen molar-refractivity contribution < 1.29 is 9.63 Å². The van der Waals surface area contributed by atoms with Gasteiger partial charge in [-0.05, 0) is 26.0 Å². The zero-order valence-corrected chi connectivity index (χ0v) is 11.3. The molecule has 1 aromatic heterocycles. The SMILES string of the molecule is Cc1noc(CN(C)C(CCO)c2ccccc2)n1. The Balaban J connectivity index is 2.10. The van der Waals surface area contributed by atoms with E-state index in [1.807, 2.05) is 25.2 Å². The Hall–Kier alpha value is -1.72. The van der Waals surface area contributed by atoms with Gasteiger partial charge in [-0.1, -0.05) is 35.5 Å². The maximum Gasteiger partial charge on any atom is 0.240 e. The molecule has 0 aliphatic carbocycles. The van der Waals surface area contributed by atoms with Crippen LogP contribution in [0, 0.1) is 6.92 Å². The van der Waals surface area contributed by atoms with Crippen LogP contribution in [0.5, 0.6) is 0 Å². The fourth-order valence-electron chi connectivity index (χ4n) is 2.17. The molecule has 0 spiro atoms. The molecule has 0 saturated heterocycles. The van der Waals surface area contributed by atoms with Crippen molar-refractivity contribution in [2.75, 3.05) is 13.7 Å². The van der Waals surface area contributed by atoms with Crippen LogP contribution < -0.4 is 0 Å². The van der Waals surface area contributed by atoms with Crippen LogP contribution in [0.3, 0.4) is 0 Å². The molecule has 1 N–H and O–H groups in total. The molecule has 1 aromatic carbocycles. The van der Waals surface area contributed by atoms with Crippen molar-refractivity contribution in [1.29, 1.82) is 0 Å². The average Bonchev–Trinajstić information content (AvgIpc) is 2.82. The molecule has 2 aromatic rings. The first kappa shape index (κ1) is 13.7. The quantitative estimate of drug-likeness (QED) is 0.861. The lowest BCUT2D eigenvalue weighted by Gasteiger charge is -2.26. The van der Waals surface area contributed by atoms with Crippen molar-refractivity contribution in [2.45, 2.75) is 25.9 Å².